The zero-order valence-corrected chi connectivity index (χ0v) is 7.36. The predicted octanol–water partition coefficient (Wildman–Crippen LogP) is -1.08. The Hall–Kier alpha value is -0.200. The molecule has 0 rings (SSSR count). The molecule has 0 unspecified atom stereocenters. The van der Waals surface area contributed by atoms with Gasteiger partial charge >= 0.3 is 0 Å². The molecule has 0 aromatic carbocycles. The average Bonchev–Trinajstić information content (AvgIpc) is 2.14. The highest BCUT2D eigenvalue weighted by Crippen LogP contribution is 2.17. The molecule has 0 amide bonds. The van der Waals surface area contributed by atoms with Crippen molar-refractivity contribution >= 4 is 0 Å². The van der Waals surface area contributed by atoms with Crippen LogP contribution in [0.5, 0.6) is 0 Å². The molecule has 3 N–H and O–H groups in total. The van der Waals surface area contributed by atoms with Gasteiger partial charge in [-0.15, -0.1) is 0 Å². The van der Waals surface area contributed by atoms with Crippen molar-refractivity contribution in [2.24, 2.45) is 5.92 Å². The van der Waals surface area contributed by atoms with E-state index in [1.807, 2.05) is 0 Å². The Morgan fingerprint density at radius 3 is 1.83 bits per heavy atom. The number of aliphatic hydroxyl groups is 3. The van der Waals surface area contributed by atoms with E-state index in [9.17, 15) is 5.11 Å². The van der Waals surface area contributed by atoms with Crippen LogP contribution in [0.3, 0.4) is 0 Å². The fraction of sp³-hybridized carbons (Fsp3) is 1.00. The van der Waals surface area contributed by atoms with Gasteiger partial charge in [-0.3, -0.25) is 0 Å². The molecule has 0 aromatic rings. The SMILES string of the molecule is COC(O)(CC(CO)CO)OC. The van der Waals surface area contributed by atoms with Gasteiger partial charge in [0.2, 0.25) is 0 Å². The van der Waals surface area contributed by atoms with Gasteiger partial charge in [-0.2, -0.15) is 0 Å². The van der Waals surface area contributed by atoms with Gasteiger partial charge < -0.3 is 24.8 Å². The van der Waals surface area contributed by atoms with Crippen molar-refractivity contribution in [2.75, 3.05) is 27.4 Å². The quantitative estimate of drug-likeness (QED) is 0.453. The first-order chi connectivity index (χ1) is 5.61. The second-order valence-electron chi connectivity index (χ2n) is 2.56. The molecule has 5 nitrogen and oxygen atoms in total. The molecule has 0 atom stereocenters. The minimum atomic E-state index is -1.71. The summed E-state index contributed by atoms with van der Waals surface area (Å²) in [4.78, 5) is 0. The Labute approximate surface area is 71.5 Å². The molecular weight excluding hydrogens is 164 g/mol. The van der Waals surface area contributed by atoms with Crippen molar-refractivity contribution in [1.29, 1.82) is 0 Å². The Kier molecular flexibility index (Phi) is 5.36. The summed E-state index contributed by atoms with van der Waals surface area (Å²) in [5, 5.41) is 26.8. The Balaban J connectivity index is 3.99. The fourth-order valence-corrected chi connectivity index (χ4v) is 0.802. The zero-order valence-electron chi connectivity index (χ0n) is 7.36. The van der Waals surface area contributed by atoms with E-state index < -0.39 is 11.9 Å². The summed E-state index contributed by atoms with van der Waals surface area (Å²) in [6, 6.07) is 0. The summed E-state index contributed by atoms with van der Waals surface area (Å²) in [6.45, 7) is -0.433. The maximum atomic E-state index is 9.39. The van der Waals surface area contributed by atoms with Crippen LogP contribution in [0, 0.1) is 5.92 Å². The van der Waals surface area contributed by atoms with Crippen LogP contribution >= 0.6 is 0 Å². The van der Waals surface area contributed by atoms with Crippen LogP contribution in [0.4, 0.5) is 0 Å². The van der Waals surface area contributed by atoms with Crippen LogP contribution in [0.25, 0.3) is 0 Å². The zero-order chi connectivity index (χ0) is 9.61. The molecule has 0 aliphatic heterocycles. The minimum Gasteiger partial charge on any atom is -0.396 e. The van der Waals surface area contributed by atoms with E-state index in [0.29, 0.717) is 0 Å². The third kappa shape index (κ3) is 3.46. The smallest absolute Gasteiger partial charge is 0.280 e. The second-order valence-corrected chi connectivity index (χ2v) is 2.56. The highest BCUT2D eigenvalue weighted by molar-refractivity contribution is 4.62. The van der Waals surface area contributed by atoms with Crippen LogP contribution in [-0.4, -0.2) is 48.7 Å². The van der Waals surface area contributed by atoms with E-state index >= 15 is 0 Å². The van der Waals surface area contributed by atoms with Crippen molar-refractivity contribution in [2.45, 2.75) is 12.4 Å². The lowest BCUT2D eigenvalue weighted by Crippen LogP contribution is -2.37. The number of ether oxygens (including phenoxy) is 2. The van der Waals surface area contributed by atoms with Gasteiger partial charge in [0.25, 0.3) is 5.97 Å². The maximum absolute atomic E-state index is 9.39. The molecule has 0 aliphatic rings. The number of methoxy groups -OCH3 is 2. The number of hydrogen-bond donors (Lipinski definition) is 3. The van der Waals surface area contributed by atoms with Crippen LogP contribution in [-0.2, 0) is 9.47 Å². The van der Waals surface area contributed by atoms with Crippen LogP contribution in [0.15, 0.2) is 0 Å². The van der Waals surface area contributed by atoms with Gasteiger partial charge in [-0.25, -0.2) is 0 Å². The van der Waals surface area contributed by atoms with Gasteiger partial charge in [0.15, 0.2) is 0 Å². The first-order valence-electron chi connectivity index (χ1n) is 3.66. The summed E-state index contributed by atoms with van der Waals surface area (Å²) in [5.41, 5.74) is 0. The largest absolute Gasteiger partial charge is 0.396 e. The van der Waals surface area contributed by atoms with Crippen molar-refractivity contribution in [3.63, 3.8) is 0 Å². The third-order valence-corrected chi connectivity index (χ3v) is 1.70. The Bertz CT molecular complexity index is 108. The normalized spacial score (nSPS) is 12.5. The molecule has 0 heterocycles. The molecule has 0 spiro atoms. The molecule has 0 aromatic heterocycles. The monoisotopic (exact) mass is 180 g/mol. The first kappa shape index (κ1) is 11.8. The predicted molar refractivity (Wildman–Crippen MR) is 41.2 cm³/mol. The molecule has 0 bridgehead atoms. The van der Waals surface area contributed by atoms with Gasteiger partial charge in [-0.05, 0) is 0 Å². The number of aliphatic hydroxyl groups excluding tert-OH is 2. The first-order valence-corrected chi connectivity index (χ1v) is 3.66. The third-order valence-electron chi connectivity index (χ3n) is 1.70. The van der Waals surface area contributed by atoms with E-state index in [0.717, 1.165) is 0 Å². The molecule has 74 valence electrons. The topological polar surface area (TPSA) is 79.2 Å². The van der Waals surface area contributed by atoms with Crippen LogP contribution in [0.1, 0.15) is 6.42 Å². The van der Waals surface area contributed by atoms with E-state index in [4.69, 9.17) is 10.2 Å². The lowest BCUT2D eigenvalue weighted by Gasteiger charge is -2.27. The van der Waals surface area contributed by atoms with Gasteiger partial charge in [-0.1, -0.05) is 0 Å². The maximum Gasteiger partial charge on any atom is 0.280 e. The molecule has 5 heteroatoms. The molecular formula is C7H16O5. The van der Waals surface area contributed by atoms with Crippen molar-refractivity contribution in [1.82, 2.24) is 0 Å². The summed E-state index contributed by atoms with van der Waals surface area (Å²) in [5.74, 6) is -2.15. The Morgan fingerprint density at radius 1 is 1.17 bits per heavy atom. The van der Waals surface area contributed by atoms with E-state index in [1.165, 1.54) is 14.2 Å². The Morgan fingerprint density at radius 2 is 1.58 bits per heavy atom. The fourth-order valence-electron chi connectivity index (χ4n) is 0.802. The summed E-state index contributed by atoms with van der Waals surface area (Å²) < 4.78 is 9.26. The van der Waals surface area contributed by atoms with Crippen molar-refractivity contribution < 1.29 is 24.8 Å². The van der Waals surface area contributed by atoms with E-state index in [1.54, 1.807) is 0 Å². The lowest BCUT2D eigenvalue weighted by molar-refractivity contribution is -0.348. The molecule has 0 aliphatic carbocycles. The number of rotatable bonds is 6. The van der Waals surface area contributed by atoms with E-state index in [2.05, 4.69) is 9.47 Å². The molecule has 0 saturated carbocycles. The summed E-state index contributed by atoms with van der Waals surface area (Å²) >= 11 is 0. The average molecular weight is 180 g/mol. The molecule has 12 heavy (non-hydrogen) atoms. The van der Waals surface area contributed by atoms with Crippen LogP contribution in [0.2, 0.25) is 0 Å². The van der Waals surface area contributed by atoms with E-state index in [-0.39, 0.29) is 19.6 Å². The lowest BCUT2D eigenvalue weighted by atomic mass is 10.1. The molecule has 0 radical (unpaired) electrons. The van der Waals surface area contributed by atoms with Gasteiger partial charge in [0.05, 0.1) is 0 Å². The highest BCUT2D eigenvalue weighted by Gasteiger charge is 2.29. The number of hydrogen-bond acceptors (Lipinski definition) is 5. The molecule has 0 fully saturated rings. The van der Waals surface area contributed by atoms with Gasteiger partial charge in [0.1, 0.15) is 0 Å². The van der Waals surface area contributed by atoms with Crippen molar-refractivity contribution in [3.05, 3.63) is 0 Å². The summed E-state index contributed by atoms with van der Waals surface area (Å²) in [7, 11) is 2.57. The standard InChI is InChI=1S/C7H16O5/c1-11-7(10,12-2)3-6(4-8)5-9/h6,8-10H,3-5H2,1-2H3. The molecule has 0 saturated heterocycles. The summed E-state index contributed by atoms with van der Waals surface area (Å²) in [6.07, 6.45) is 0.0347. The highest BCUT2D eigenvalue weighted by atomic mass is 16.8. The second kappa shape index (κ2) is 5.45. The van der Waals surface area contributed by atoms with Crippen LogP contribution < -0.4 is 0 Å². The minimum absolute atomic E-state index is 0.0347. The van der Waals surface area contributed by atoms with Gasteiger partial charge in [0, 0.05) is 39.8 Å². The van der Waals surface area contributed by atoms with Crippen molar-refractivity contribution in [3.8, 4) is 0 Å².